The number of carbonyl (C=O) groups excluding carboxylic acids is 1. The molecule has 10 nitrogen and oxygen atoms in total. The molecule has 0 spiro atoms. The molecule has 1 aromatic carbocycles. The van der Waals surface area contributed by atoms with Crippen molar-refractivity contribution in [3.63, 3.8) is 0 Å². The Hall–Kier alpha value is -4.05. The van der Waals surface area contributed by atoms with Gasteiger partial charge < -0.3 is 10.4 Å². The zero-order chi connectivity index (χ0) is 26.9. The van der Waals surface area contributed by atoms with Gasteiger partial charge in [-0.05, 0) is 70.0 Å². The van der Waals surface area contributed by atoms with Gasteiger partial charge in [-0.3, -0.25) is 14.7 Å². The standard InChI is InChI=1S/C26H28ClN7O3/c1-15-10-23(34(25(36)37)26(3,4)5)29-16(2)20(15)12-28-24(35)22-14-33(32-31-22)13-19-9-7-17-6-8-18(27)11-21(17)30-19/h6-11,14H,12-13H2,1-5H3,(H,28,35)(H,36,37). The first-order valence-electron chi connectivity index (χ1n) is 11.7. The molecule has 2 amide bonds. The molecule has 0 saturated heterocycles. The van der Waals surface area contributed by atoms with Gasteiger partial charge in [0.05, 0.1) is 24.0 Å². The van der Waals surface area contributed by atoms with Crippen molar-refractivity contribution in [2.45, 2.75) is 53.2 Å². The maximum Gasteiger partial charge on any atom is 0.413 e. The van der Waals surface area contributed by atoms with Crippen molar-refractivity contribution >= 4 is 40.3 Å². The summed E-state index contributed by atoms with van der Waals surface area (Å²) in [6, 6.07) is 11.1. The largest absolute Gasteiger partial charge is 0.465 e. The quantitative estimate of drug-likeness (QED) is 0.375. The molecule has 0 fully saturated rings. The van der Waals surface area contributed by atoms with Gasteiger partial charge in [-0.1, -0.05) is 28.9 Å². The van der Waals surface area contributed by atoms with Crippen molar-refractivity contribution in [2.24, 2.45) is 0 Å². The summed E-state index contributed by atoms with van der Waals surface area (Å²) in [5.74, 6) is -0.0353. The number of nitrogens with zero attached hydrogens (tertiary/aromatic N) is 6. The van der Waals surface area contributed by atoms with Crippen LogP contribution in [-0.2, 0) is 13.1 Å². The molecule has 3 heterocycles. The average molecular weight is 522 g/mol. The zero-order valence-electron chi connectivity index (χ0n) is 21.3. The normalized spacial score (nSPS) is 11.5. The molecule has 0 unspecified atom stereocenters. The van der Waals surface area contributed by atoms with Gasteiger partial charge in [-0.25, -0.2) is 14.5 Å². The molecule has 3 aromatic heterocycles. The Kier molecular flexibility index (Phi) is 7.13. The molecule has 2 N–H and O–H groups in total. The van der Waals surface area contributed by atoms with E-state index in [0.717, 1.165) is 27.7 Å². The molecule has 4 aromatic rings. The van der Waals surface area contributed by atoms with Crippen molar-refractivity contribution in [3.8, 4) is 0 Å². The number of anilines is 1. The lowest BCUT2D eigenvalue weighted by molar-refractivity contribution is 0.0945. The fraction of sp³-hybridized carbons (Fsp3) is 0.308. The predicted octanol–water partition coefficient (Wildman–Crippen LogP) is 4.75. The topological polar surface area (TPSA) is 126 Å². The monoisotopic (exact) mass is 521 g/mol. The fourth-order valence-electron chi connectivity index (χ4n) is 4.07. The van der Waals surface area contributed by atoms with Gasteiger partial charge >= 0.3 is 6.09 Å². The number of pyridine rings is 2. The summed E-state index contributed by atoms with van der Waals surface area (Å²) >= 11 is 6.07. The van der Waals surface area contributed by atoms with Gasteiger partial charge in [0.15, 0.2) is 5.69 Å². The van der Waals surface area contributed by atoms with Crippen LogP contribution in [0, 0.1) is 13.8 Å². The number of hydrogen-bond donors (Lipinski definition) is 2. The smallest absolute Gasteiger partial charge is 0.413 e. The van der Waals surface area contributed by atoms with Gasteiger partial charge in [0, 0.05) is 28.2 Å². The second kappa shape index (κ2) is 10.1. The summed E-state index contributed by atoms with van der Waals surface area (Å²) < 4.78 is 1.55. The third-order valence-electron chi connectivity index (χ3n) is 5.86. The lowest BCUT2D eigenvalue weighted by Gasteiger charge is -2.32. The molecular weight excluding hydrogens is 494 g/mol. The number of nitrogens with one attached hydrogen (secondary N) is 1. The van der Waals surface area contributed by atoms with E-state index in [9.17, 15) is 14.7 Å². The third kappa shape index (κ3) is 5.86. The molecule has 0 saturated carbocycles. The van der Waals surface area contributed by atoms with Crippen LogP contribution in [0.2, 0.25) is 5.02 Å². The molecule has 4 rings (SSSR count). The van der Waals surface area contributed by atoms with E-state index >= 15 is 0 Å². The number of carboxylic acid groups (broad SMARTS) is 1. The van der Waals surface area contributed by atoms with Crippen molar-refractivity contribution in [3.05, 3.63) is 75.8 Å². The van der Waals surface area contributed by atoms with Crippen molar-refractivity contribution < 1.29 is 14.7 Å². The molecule has 0 aliphatic heterocycles. The van der Waals surface area contributed by atoms with Crippen LogP contribution in [0.25, 0.3) is 10.9 Å². The molecule has 192 valence electrons. The molecule has 0 radical (unpaired) electrons. The Balaban J connectivity index is 1.44. The Bertz CT molecular complexity index is 1470. The summed E-state index contributed by atoms with van der Waals surface area (Å²) in [5, 5.41) is 22.2. The lowest BCUT2D eigenvalue weighted by atomic mass is 10.0. The van der Waals surface area contributed by atoms with Gasteiger partial charge in [0.25, 0.3) is 5.91 Å². The minimum atomic E-state index is -1.08. The minimum absolute atomic E-state index is 0.175. The van der Waals surface area contributed by atoms with Crippen LogP contribution >= 0.6 is 11.6 Å². The van der Waals surface area contributed by atoms with Crippen LogP contribution in [0.5, 0.6) is 0 Å². The van der Waals surface area contributed by atoms with Gasteiger partial charge in [-0.2, -0.15) is 0 Å². The van der Waals surface area contributed by atoms with Gasteiger partial charge in [0.1, 0.15) is 5.82 Å². The summed E-state index contributed by atoms with van der Waals surface area (Å²) in [6.45, 7) is 9.64. The van der Waals surface area contributed by atoms with Crippen LogP contribution in [0.1, 0.15) is 53.8 Å². The molecular formula is C26H28ClN7O3. The molecule has 11 heteroatoms. The second-order valence-corrected chi connectivity index (χ2v) is 10.2. The van der Waals surface area contributed by atoms with Crippen LogP contribution in [0.4, 0.5) is 10.6 Å². The number of rotatable bonds is 6. The highest BCUT2D eigenvalue weighted by molar-refractivity contribution is 6.31. The molecule has 0 atom stereocenters. The third-order valence-corrected chi connectivity index (χ3v) is 6.10. The van der Waals surface area contributed by atoms with Crippen molar-refractivity contribution in [1.82, 2.24) is 30.3 Å². The number of benzene rings is 1. The summed E-state index contributed by atoms with van der Waals surface area (Å²) in [4.78, 5) is 34.9. The Labute approximate surface area is 219 Å². The Morgan fingerprint density at radius 1 is 1.11 bits per heavy atom. The zero-order valence-corrected chi connectivity index (χ0v) is 22.0. The number of aryl methyl sites for hydroxylation is 2. The summed E-state index contributed by atoms with van der Waals surface area (Å²) in [6.07, 6.45) is 0.486. The van der Waals surface area contributed by atoms with Crippen molar-refractivity contribution in [1.29, 1.82) is 0 Å². The molecule has 37 heavy (non-hydrogen) atoms. The number of amides is 2. The summed E-state index contributed by atoms with van der Waals surface area (Å²) in [7, 11) is 0. The SMILES string of the molecule is Cc1cc(N(C(=O)O)C(C)(C)C)nc(C)c1CNC(=O)c1cn(Cc2ccc3ccc(Cl)cc3n2)nn1. The van der Waals surface area contributed by atoms with Gasteiger partial charge in [0.2, 0.25) is 0 Å². The number of carbonyl (C=O) groups is 2. The number of aromatic nitrogens is 5. The molecule has 0 aliphatic rings. The fourth-order valence-corrected chi connectivity index (χ4v) is 4.24. The van der Waals surface area contributed by atoms with Crippen molar-refractivity contribution in [2.75, 3.05) is 4.90 Å². The first-order chi connectivity index (χ1) is 17.4. The predicted molar refractivity (Wildman–Crippen MR) is 141 cm³/mol. The first-order valence-corrected chi connectivity index (χ1v) is 12.0. The Morgan fingerprint density at radius 3 is 2.51 bits per heavy atom. The van der Waals surface area contributed by atoms with Crippen LogP contribution < -0.4 is 10.2 Å². The second-order valence-electron chi connectivity index (χ2n) is 9.77. The van der Waals surface area contributed by atoms with E-state index in [2.05, 4.69) is 25.6 Å². The maximum atomic E-state index is 12.8. The maximum absolute atomic E-state index is 12.8. The van der Waals surface area contributed by atoms with E-state index < -0.39 is 11.6 Å². The van der Waals surface area contributed by atoms with E-state index in [4.69, 9.17) is 11.6 Å². The molecule has 0 bridgehead atoms. The minimum Gasteiger partial charge on any atom is -0.465 e. The first kappa shape index (κ1) is 26.0. The highest BCUT2D eigenvalue weighted by atomic mass is 35.5. The highest BCUT2D eigenvalue weighted by Gasteiger charge is 2.29. The van der Waals surface area contributed by atoms with Crippen LogP contribution in [0.3, 0.4) is 0 Å². The average Bonchev–Trinajstić information content (AvgIpc) is 3.25. The number of halogens is 1. The highest BCUT2D eigenvalue weighted by Crippen LogP contribution is 2.26. The van der Waals surface area contributed by atoms with E-state index in [-0.39, 0.29) is 18.1 Å². The van der Waals surface area contributed by atoms with E-state index in [1.807, 2.05) is 31.2 Å². The molecule has 0 aliphatic carbocycles. The van der Waals surface area contributed by atoms with Crippen LogP contribution in [-0.4, -0.2) is 47.6 Å². The lowest BCUT2D eigenvalue weighted by Crippen LogP contribution is -2.45. The van der Waals surface area contributed by atoms with E-state index in [1.165, 1.54) is 4.90 Å². The van der Waals surface area contributed by atoms with Crippen LogP contribution in [0.15, 0.2) is 42.6 Å². The van der Waals surface area contributed by atoms with Gasteiger partial charge in [-0.15, -0.1) is 5.10 Å². The number of hydrogen-bond acceptors (Lipinski definition) is 6. The summed E-state index contributed by atoms with van der Waals surface area (Å²) in [5.41, 5.74) is 3.32. The number of fused-ring (bicyclic) bond motifs is 1. The Morgan fingerprint density at radius 2 is 1.84 bits per heavy atom. The van der Waals surface area contributed by atoms with E-state index in [1.54, 1.807) is 50.7 Å². The van der Waals surface area contributed by atoms with E-state index in [0.29, 0.717) is 23.1 Å².